The molecular formula is C9H15O4. The molecule has 0 aliphatic heterocycles. The molecule has 1 fully saturated rings. The summed E-state index contributed by atoms with van der Waals surface area (Å²) in [6.45, 7) is 1.27. The van der Waals surface area contributed by atoms with Crippen LogP contribution in [-0.2, 0) is 14.6 Å². The monoisotopic (exact) mass is 187 g/mol. The SMILES string of the molecule is CC([O])OC(=O)OC1CCCCC1. The third kappa shape index (κ3) is 4.12. The standard InChI is InChI=1S/C9H15O4/c1-7(10)12-9(11)13-8-5-3-2-4-6-8/h7-8H,2-6H2,1H3. The predicted molar refractivity (Wildman–Crippen MR) is 44.6 cm³/mol. The lowest BCUT2D eigenvalue weighted by molar-refractivity contribution is -0.114. The van der Waals surface area contributed by atoms with Crippen molar-refractivity contribution in [1.29, 1.82) is 0 Å². The van der Waals surface area contributed by atoms with Crippen LogP contribution in [0, 0.1) is 0 Å². The molecule has 1 aliphatic carbocycles. The van der Waals surface area contributed by atoms with E-state index in [0.29, 0.717) is 0 Å². The Kier molecular flexibility index (Phi) is 4.02. The molecule has 75 valence electrons. The number of hydrogen-bond acceptors (Lipinski definition) is 3. The largest absolute Gasteiger partial charge is 0.510 e. The molecule has 0 aromatic carbocycles. The normalized spacial score (nSPS) is 20.8. The van der Waals surface area contributed by atoms with Crippen molar-refractivity contribution in [3.8, 4) is 0 Å². The van der Waals surface area contributed by atoms with Crippen molar-refractivity contribution in [2.45, 2.75) is 51.4 Å². The summed E-state index contributed by atoms with van der Waals surface area (Å²) < 4.78 is 9.28. The molecular weight excluding hydrogens is 172 g/mol. The second-order valence-electron chi connectivity index (χ2n) is 3.31. The molecule has 1 rings (SSSR count). The molecule has 1 radical (unpaired) electrons. The Balaban J connectivity index is 2.18. The van der Waals surface area contributed by atoms with Crippen molar-refractivity contribution >= 4 is 6.16 Å². The summed E-state index contributed by atoms with van der Waals surface area (Å²) in [4.78, 5) is 10.9. The van der Waals surface area contributed by atoms with Gasteiger partial charge in [0.15, 0.2) is 0 Å². The van der Waals surface area contributed by atoms with Crippen LogP contribution < -0.4 is 0 Å². The van der Waals surface area contributed by atoms with E-state index in [1.54, 1.807) is 0 Å². The van der Waals surface area contributed by atoms with Crippen LogP contribution in [0.5, 0.6) is 0 Å². The lowest BCUT2D eigenvalue weighted by Crippen LogP contribution is -2.23. The first kappa shape index (κ1) is 10.3. The molecule has 1 unspecified atom stereocenters. The molecule has 0 amide bonds. The summed E-state index contributed by atoms with van der Waals surface area (Å²) in [5.41, 5.74) is 0. The fourth-order valence-electron chi connectivity index (χ4n) is 1.48. The molecule has 0 heterocycles. The van der Waals surface area contributed by atoms with Gasteiger partial charge in [-0.1, -0.05) is 6.42 Å². The third-order valence-electron chi connectivity index (χ3n) is 2.08. The Morgan fingerprint density at radius 1 is 1.31 bits per heavy atom. The maximum atomic E-state index is 10.9. The number of carbonyl (C=O) groups excluding carboxylic acids is 1. The first-order chi connectivity index (χ1) is 6.18. The quantitative estimate of drug-likeness (QED) is 0.492. The van der Waals surface area contributed by atoms with Crippen LogP contribution in [0.3, 0.4) is 0 Å². The summed E-state index contributed by atoms with van der Waals surface area (Å²) in [6.07, 6.45) is 2.96. The summed E-state index contributed by atoms with van der Waals surface area (Å²) in [5, 5.41) is 10.5. The molecule has 1 atom stereocenters. The van der Waals surface area contributed by atoms with Gasteiger partial charge in [0.1, 0.15) is 6.10 Å². The van der Waals surface area contributed by atoms with Crippen molar-refractivity contribution in [1.82, 2.24) is 0 Å². The number of carbonyl (C=O) groups is 1. The zero-order valence-electron chi connectivity index (χ0n) is 7.82. The van der Waals surface area contributed by atoms with E-state index >= 15 is 0 Å². The molecule has 13 heavy (non-hydrogen) atoms. The first-order valence-electron chi connectivity index (χ1n) is 4.71. The lowest BCUT2D eigenvalue weighted by atomic mass is 9.98. The Morgan fingerprint density at radius 2 is 1.92 bits per heavy atom. The molecule has 0 aromatic rings. The van der Waals surface area contributed by atoms with Gasteiger partial charge in [-0.2, -0.15) is 5.11 Å². The molecule has 0 aromatic heterocycles. The average Bonchev–Trinajstić information content (AvgIpc) is 2.04. The van der Waals surface area contributed by atoms with Gasteiger partial charge in [0, 0.05) is 6.92 Å². The van der Waals surface area contributed by atoms with Crippen molar-refractivity contribution in [3.05, 3.63) is 0 Å². The highest BCUT2D eigenvalue weighted by Gasteiger charge is 2.19. The maximum absolute atomic E-state index is 10.9. The van der Waals surface area contributed by atoms with Crippen LogP contribution in [0.15, 0.2) is 0 Å². The van der Waals surface area contributed by atoms with Gasteiger partial charge < -0.3 is 9.47 Å². The minimum Gasteiger partial charge on any atom is -0.431 e. The Bertz CT molecular complexity index is 161. The highest BCUT2D eigenvalue weighted by molar-refractivity contribution is 5.60. The summed E-state index contributed by atoms with van der Waals surface area (Å²) >= 11 is 0. The van der Waals surface area contributed by atoms with Gasteiger partial charge >= 0.3 is 6.16 Å². The van der Waals surface area contributed by atoms with Crippen LogP contribution in [0.4, 0.5) is 4.79 Å². The third-order valence-corrected chi connectivity index (χ3v) is 2.08. The highest BCUT2D eigenvalue weighted by atomic mass is 16.8. The van der Waals surface area contributed by atoms with Crippen LogP contribution in [0.1, 0.15) is 39.0 Å². The van der Waals surface area contributed by atoms with Gasteiger partial charge in [0.25, 0.3) is 0 Å². The van der Waals surface area contributed by atoms with Crippen LogP contribution in [0.25, 0.3) is 0 Å². The van der Waals surface area contributed by atoms with Crippen LogP contribution in [0.2, 0.25) is 0 Å². The van der Waals surface area contributed by atoms with Crippen molar-refractivity contribution in [3.63, 3.8) is 0 Å². The van der Waals surface area contributed by atoms with Gasteiger partial charge in [-0.15, -0.1) is 0 Å². The van der Waals surface area contributed by atoms with E-state index in [2.05, 4.69) is 4.74 Å². The second kappa shape index (κ2) is 5.07. The first-order valence-corrected chi connectivity index (χ1v) is 4.71. The Labute approximate surface area is 77.8 Å². The Morgan fingerprint density at radius 3 is 2.46 bits per heavy atom. The molecule has 0 saturated heterocycles. The van der Waals surface area contributed by atoms with Gasteiger partial charge in [-0.05, 0) is 25.7 Å². The minimum atomic E-state index is -1.34. The van der Waals surface area contributed by atoms with E-state index in [0.717, 1.165) is 25.7 Å². The second-order valence-corrected chi connectivity index (χ2v) is 3.31. The van der Waals surface area contributed by atoms with E-state index < -0.39 is 12.4 Å². The minimum absolute atomic E-state index is 0.0417. The van der Waals surface area contributed by atoms with Crippen molar-refractivity contribution < 1.29 is 19.4 Å². The number of hydrogen-bond donors (Lipinski definition) is 0. The van der Waals surface area contributed by atoms with Gasteiger partial charge in [0.05, 0.1) is 0 Å². The molecule has 4 heteroatoms. The van der Waals surface area contributed by atoms with Crippen LogP contribution >= 0.6 is 0 Å². The van der Waals surface area contributed by atoms with E-state index in [4.69, 9.17) is 4.74 Å². The molecule has 0 N–H and O–H groups in total. The average molecular weight is 187 g/mol. The summed E-state index contributed by atoms with van der Waals surface area (Å²) in [6, 6.07) is 0. The maximum Gasteiger partial charge on any atom is 0.510 e. The van der Waals surface area contributed by atoms with Crippen LogP contribution in [-0.4, -0.2) is 18.5 Å². The van der Waals surface area contributed by atoms with Crippen molar-refractivity contribution in [2.75, 3.05) is 0 Å². The van der Waals surface area contributed by atoms with E-state index in [-0.39, 0.29) is 6.10 Å². The number of rotatable bonds is 2. The topological polar surface area (TPSA) is 55.4 Å². The molecule has 0 bridgehead atoms. The van der Waals surface area contributed by atoms with Gasteiger partial charge in [-0.3, -0.25) is 0 Å². The van der Waals surface area contributed by atoms with Gasteiger partial charge in [0.2, 0.25) is 6.29 Å². The Hall–Kier alpha value is -0.770. The van der Waals surface area contributed by atoms with E-state index in [1.165, 1.54) is 13.3 Å². The fourth-order valence-corrected chi connectivity index (χ4v) is 1.48. The number of ether oxygens (including phenoxy) is 2. The fraction of sp³-hybridized carbons (Fsp3) is 0.889. The lowest BCUT2D eigenvalue weighted by Gasteiger charge is -2.21. The highest BCUT2D eigenvalue weighted by Crippen LogP contribution is 2.20. The van der Waals surface area contributed by atoms with E-state index in [1.807, 2.05) is 0 Å². The van der Waals surface area contributed by atoms with E-state index in [9.17, 15) is 9.90 Å². The zero-order chi connectivity index (χ0) is 9.68. The summed E-state index contributed by atoms with van der Waals surface area (Å²) in [5.74, 6) is 0. The molecule has 4 nitrogen and oxygen atoms in total. The zero-order valence-corrected chi connectivity index (χ0v) is 7.82. The van der Waals surface area contributed by atoms with Crippen molar-refractivity contribution in [2.24, 2.45) is 0 Å². The van der Waals surface area contributed by atoms with Gasteiger partial charge in [-0.25, -0.2) is 4.79 Å². The smallest absolute Gasteiger partial charge is 0.431 e. The molecule has 1 saturated carbocycles. The summed E-state index contributed by atoms with van der Waals surface area (Å²) in [7, 11) is 0. The molecule has 1 aliphatic rings. The molecule has 0 spiro atoms. The predicted octanol–water partition coefficient (Wildman–Crippen LogP) is 2.25.